The summed E-state index contributed by atoms with van der Waals surface area (Å²) >= 11 is 0. The van der Waals surface area contributed by atoms with Gasteiger partial charge in [0.25, 0.3) is 11.8 Å². The maximum Gasteiger partial charge on any atom is 0.260 e. The Hall–Kier alpha value is -9.70. The molecule has 4 aromatic carbocycles. The molecule has 0 radical (unpaired) electrons. The third-order valence-corrected chi connectivity index (χ3v) is 20.7. The van der Waals surface area contributed by atoms with Crippen molar-refractivity contribution < 1.29 is 95.2 Å². The molecular formula is C85H115N11O20. The Morgan fingerprint density at radius 2 is 0.966 bits per heavy atom. The fraction of sp³-hybridized carbons (Fsp3) is 0.553. The number of benzene rings is 4. The normalized spacial score (nSPS) is 17.7. The Kier molecular flexibility index (Phi) is 34.9. The topological polar surface area (TPSA) is 336 Å². The molecule has 2 saturated heterocycles. The van der Waals surface area contributed by atoms with E-state index in [2.05, 4.69) is 62.4 Å². The lowest BCUT2D eigenvalue weighted by atomic mass is 9.94. The fourth-order valence-electron chi connectivity index (χ4n) is 13.8. The Morgan fingerprint density at radius 3 is 1.42 bits per heavy atom. The number of unbranched alkanes of at least 4 members (excludes halogenated alkanes) is 2. The molecule has 10 rings (SSSR count). The van der Waals surface area contributed by atoms with E-state index < -0.39 is 23.9 Å². The minimum Gasteiger partial charge on any atom is -0.493 e. The average Bonchev–Trinajstić information content (AvgIpc) is 1.62. The highest BCUT2D eigenvalue weighted by molar-refractivity contribution is 6.07. The molecule has 0 aliphatic carbocycles. The van der Waals surface area contributed by atoms with Gasteiger partial charge >= 0.3 is 0 Å². The van der Waals surface area contributed by atoms with Crippen molar-refractivity contribution in [1.82, 2.24) is 35.6 Å². The van der Waals surface area contributed by atoms with E-state index >= 15 is 0 Å². The van der Waals surface area contributed by atoms with Gasteiger partial charge < -0.3 is 97.7 Å². The summed E-state index contributed by atoms with van der Waals surface area (Å²) in [7, 11) is 5.25. The summed E-state index contributed by atoms with van der Waals surface area (Å²) in [5.41, 5.74) is 7.47. The number of likely N-dealkylation sites (tertiary alicyclic amines) is 1. The number of fused-ring (bicyclic) bond motifs is 4. The van der Waals surface area contributed by atoms with Gasteiger partial charge in [0, 0.05) is 126 Å². The van der Waals surface area contributed by atoms with Crippen LogP contribution in [0, 0.1) is 17.8 Å². The number of ether oxygens (including phenoxy) is 12. The van der Waals surface area contributed by atoms with Crippen LogP contribution in [0.1, 0.15) is 118 Å². The number of carbonyl (C=O) groups is 8. The monoisotopic (exact) mass is 1610 g/mol. The number of methoxy groups -OCH3 is 2. The van der Waals surface area contributed by atoms with E-state index in [-0.39, 0.29) is 104 Å². The molecule has 2 fully saturated rings. The van der Waals surface area contributed by atoms with E-state index in [1.165, 1.54) is 17.7 Å². The number of hydrogen-bond acceptors (Lipinski definition) is 24. The molecule has 116 heavy (non-hydrogen) atoms. The molecule has 1 unspecified atom stereocenters. The fourth-order valence-corrected chi connectivity index (χ4v) is 13.8. The van der Waals surface area contributed by atoms with Crippen LogP contribution in [0.3, 0.4) is 0 Å². The summed E-state index contributed by atoms with van der Waals surface area (Å²) in [6, 6.07) is 20.4. The summed E-state index contributed by atoms with van der Waals surface area (Å²) in [5, 5.41) is 11.1. The van der Waals surface area contributed by atoms with Gasteiger partial charge in [-0.05, 0) is 104 Å². The molecule has 31 nitrogen and oxygen atoms in total. The van der Waals surface area contributed by atoms with Gasteiger partial charge in [-0.15, -0.1) is 0 Å². The van der Waals surface area contributed by atoms with Crippen LogP contribution in [-0.2, 0) is 66.7 Å². The van der Waals surface area contributed by atoms with Gasteiger partial charge in [-0.1, -0.05) is 52.0 Å². The van der Waals surface area contributed by atoms with Gasteiger partial charge in [0.05, 0.1) is 168 Å². The van der Waals surface area contributed by atoms with Gasteiger partial charge in [-0.2, -0.15) is 0 Å². The maximum absolute atomic E-state index is 14.2. The average molecular weight is 1610 g/mol. The van der Waals surface area contributed by atoms with E-state index in [1.54, 1.807) is 80.3 Å². The molecule has 4 N–H and O–H groups in total. The van der Waals surface area contributed by atoms with Crippen LogP contribution in [-0.4, -0.2) is 283 Å². The van der Waals surface area contributed by atoms with Crippen LogP contribution in [0.15, 0.2) is 95.2 Å². The number of piperazine rings is 1. The lowest BCUT2D eigenvalue weighted by molar-refractivity contribution is -0.140. The molecule has 4 aromatic rings. The molecule has 0 spiro atoms. The van der Waals surface area contributed by atoms with Gasteiger partial charge in [0.2, 0.25) is 35.4 Å². The molecule has 0 aromatic heterocycles. The lowest BCUT2D eigenvalue weighted by Crippen LogP contribution is -2.53. The molecule has 6 heterocycles. The molecule has 6 aliphatic rings. The van der Waals surface area contributed by atoms with Crippen molar-refractivity contribution >= 4 is 93.6 Å². The number of nitrogens with one attached hydrogen (secondary N) is 4. The van der Waals surface area contributed by atoms with Crippen LogP contribution in [0.2, 0.25) is 0 Å². The quantitative estimate of drug-likeness (QED) is 0.0243. The van der Waals surface area contributed by atoms with E-state index in [0.29, 0.717) is 183 Å². The van der Waals surface area contributed by atoms with Crippen molar-refractivity contribution in [3.8, 4) is 23.0 Å². The van der Waals surface area contributed by atoms with Crippen molar-refractivity contribution in [2.45, 2.75) is 110 Å². The second kappa shape index (κ2) is 45.7. The van der Waals surface area contributed by atoms with Gasteiger partial charge in [-0.25, -0.2) is 0 Å². The number of aliphatic imine (C=N–C) groups is 2. The second-order valence-electron chi connectivity index (χ2n) is 29.7. The summed E-state index contributed by atoms with van der Waals surface area (Å²) in [4.78, 5) is 124. The van der Waals surface area contributed by atoms with Crippen LogP contribution < -0.4 is 45.1 Å². The van der Waals surface area contributed by atoms with E-state index in [0.717, 1.165) is 61.3 Å². The van der Waals surface area contributed by atoms with Crippen LogP contribution in [0.25, 0.3) is 11.1 Å². The molecule has 6 aliphatic heterocycles. The van der Waals surface area contributed by atoms with Gasteiger partial charge in [-0.3, -0.25) is 53.2 Å². The van der Waals surface area contributed by atoms with Crippen molar-refractivity contribution in [3.05, 3.63) is 107 Å². The zero-order valence-corrected chi connectivity index (χ0v) is 68.2. The predicted molar refractivity (Wildman–Crippen MR) is 436 cm³/mol. The number of rotatable bonds is 50. The first-order valence-electron chi connectivity index (χ1n) is 40.4. The standard InChI is InChI=1S/C85H115N11O20/c1-57(2)68-50-79(99)94(83(68)102)23-20-77(97)86-22-31-108-33-35-110-37-39-112-41-43-114-45-44-113-42-40-111-38-36-109-34-32-107-30-21-78(98)91-80(58(3)4)82(101)89-59(5)81(100)90-64-16-12-60(13-17-64)62-46-66-53-87-71-51-75(73(105-7)48-69(71)84(103)95(66)55-62)115-28-10-9-11-29-116-76-52-72-70(49-74(76)106-8)85(104)96-56-63(47-67(96)54-88-72)61-14-18-65(19-15-61)93-26-24-92(6)25-27-93/h12-19,48-49,51-59,66-68,80H,9-11,20-47,50H2,1-8H3,(H,86,97)(H,89,101)(H,90,100)(H,91,98)/t59-,66-,67-,68?,80-/m0/s1. The van der Waals surface area contributed by atoms with Crippen molar-refractivity contribution in [1.29, 1.82) is 0 Å². The van der Waals surface area contributed by atoms with E-state index in [9.17, 15) is 38.4 Å². The Morgan fingerprint density at radius 1 is 0.500 bits per heavy atom. The second-order valence-corrected chi connectivity index (χ2v) is 29.7. The maximum atomic E-state index is 14.2. The summed E-state index contributed by atoms with van der Waals surface area (Å²) < 4.78 is 68.2. The van der Waals surface area contributed by atoms with Crippen LogP contribution in [0.5, 0.6) is 23.0 Å². The largest absolute Gasteiger partial charge is 0.493 e. The number of anilines is 2. The Labute approximate surface area is 679 Å². The highest BCUT2D eigenvalue weighted by atomic mass is 16.6. The third kappa shape index (κ3) is 25.9. The minimum atomic E-state index is -0.939. The van der Waals surface area contributed by atoms with Gasteiger partial charge in [0.1, 0.15) is 12.1 Å². The lowest BCUT2D eigenvalue weighted by Gasteiger charge is -2.34. The van der Waals surface area contributed by atoms with Crippen molar-refractivity contribution in [3.63, 3.8) is 0 Å². The summed E-state index contributed by atoms with van der Waals surface area (Å²) in [5.74, 6) is -1.05. The number of carbonyl (C=O) groups excluding carboxylic acids is 8. The molecule has 8 amide bonds. The zero-order chi connectivity index (χ0) is 82.3. The Balaban J connectivity index is 0.527. The number of likely N-dealkylation sites (N-methyl/N-ethyl adjacent to an activating group) is 1. The molecular weight excluding hydrogens is 1490 g/mol. The molecule has 5 atom stereocenters. The van der Waals surface area contributed by atoms with Crippen LogP contribution in [0.4, 0.5) is 22.7 Å². The highest BCUT2D eigenvalue weighted by Crippen LogP contribution is 2.43. The number of hydrogen-bond donors (Lipinski definition) is 4. The van der Waals surface area contributed by atoms with Crippen molar-refractivity contribution in [2.75, 3.05) is 190 Å². The van der Waals surface area contributed by atoms with Crippen LogP contribution >= 0.6 is 0 Å². The highest BCUT2D eigenvalue weighted by Gasteiger charge is 2.41. The minimum absolute atomic E-state index is 0.0147. The third-order valence-electron chi connectivity index (χ3n) is 20.7. The van der Waals surface area contributed by atoms with Gasteiger partial charge in [0.15, 0.2) is 23.0 Å². The SMILES string of the molecule is COc1cc2c(cc1OCCCCCOc1cc3c(cc1OC)C(=O)N1C=C(c4ccc(N5CCN(C)CC5)cc4)C[C@H]1C=N3)N=C[C@@H]1CC(c3ccc(NC(=O)[C@H](C)NC(=O)[C@@H](NC(=O)CCOCCOCCOCCOCCOCCOCCOCCOCCNC(=O)CCN4C(=O)CC(C(C)C)C4=O)C(C)C)cc3)=CN1C2=O. The number of amides is 8. The molecule has 630 valence electrons. The van der Waals surface area contributed by atoms with Crippen molar-refractivity contribution in [2.24, 2.45) is 27.7 Å². The van der Waals surface area contributed by atoms with E-state index in [1.807, 2.05) is 44.6 Å². The first-order chi connectivity index (χ1) is 56.3. The summed E-state index contributed by atoms with van der Waals surface area (Å²) in [6.45, 7) is 19.9. The molecule has 0 bridgehead atoms. The first-order valence-corrected chi connectivity index (χ1v) is 40.4. The smallest absolute Gasteiger partial charge is 0.260 e. The zero-order valence-electron chi connectivity index (χ0n) is 68.2. The van der Waals surface area contributed by atoms with E-state index in [4.69, 9.17) is 66.8 Å². The number of imide groups is 1. The number of nitrogens with zero attached hydrogens (tertiary/aromatic N) is 7. The first kappa shape index (κ1) is 88.7. The predicted octanol–water partition coefficient (Wildman–Crippen LogP) is 7.67. The molecule has 31 heteroatoms. The molecule has 0 saturated carbocycles. The Bertz CT molecular complexity index is 4070. The summed E-state index contributed by atoms with van der Waals surface area (Å²) in [6.07, 6.45) is 11.1.